The molecule has 1 amide bonds. The fourth-order valence-electron chi connectivity index (χ4n) is 2.99. The minimum Gasteiger partial charge on any atom is -0.495 e. The highest BCUT2D eigenvalue weighted by Gasteiger charge is 2.14. The van der Waals surface area contributed by atoms with Crippen LogP contribution in [0.15, 0.2) is 61.2 Å². The zero-order chi connectivity index (χ0) is 23.2. The summed E-state index contributed by atoms with van der Waals surface area (Å²) in [6, 6.07) is 10.8. The third kappa shape index (κ3) is 5.18. The number of anilines is 2. The van der Waals surface area contributed by atoms with E-state index >= 15 is 0 Å². The van der Waals surface area contributed by atoms with E-state index in [0.29, 0.717) is 33.6 Å². The zero-order valence-electron chi connectivity index (χ0n) is 17.8. The molecule has 11 heteroatoms. The number of hydrogen-bond donors (Lipinski definition) is 2. The van der Waals surface area contributed by atoms with Crippen molar-refractivity contribution in [1.82, 2.24) is 30.3 Å². The van der Waals surface area contributed by atoms with Crippen molar-refractivity contribution in [1.29, 1.82) is 0 Å². The van der Waals surface area contributed by atoms with E-state index in [1.165, 1.54) is 11.9 Å². The lowest BCUT2D eigenvalue weighted by Crippen LogP contribution is -2.18. The van der Waals surface area contributed by atoms with E-state index in [0.717, 1.165) is 11.4 Å². The highest BCUT2D eigenvalue weighted by Crippen LogP contribution is 2.31. The van der Waals surface area contributed by atoms with Crippen molar-refractivity contribution < 1.29 is 14.3 Å². The summed E-state index contributed by atoms with van der Waals surface area (Å²) in [4.78, 5) is 22.1. The van der Waals surface area contributed by atoms with Crippen molar-refractivity contribution in [3.63, 3.8) is 0 Å². The van der Waals surface area contributed by atoms with E-state index in [2.05, 4.69) is 30.8 Å². The quantitative estimate of drug-likeness (QED) is 0.406. The maximum Gasteiger partial charge on any atom is 0.251 e. The van der Waals surface area contributed by atoms with Crippen molar-refractivity contribution in [2.75, 3.05) is 19.5 Å². The number of nitrogens with zero attached hydrogens (tertiary/aromatic N) is 5. The van der Waals surface area contributed by atoms with E-state index in [1.54, 1.807) is 44.0 Å². The second kappa shape index (κ2) is 9.96. The van der Waals surface area contributed by atoms with Gasteiger partial charge < -0.3 is 20.1 Å². The Kier molecular flexibility index (Phi) is 6.65. The molecule has 4 aromatic rings. The summed E-state index contributed by atoms with van der Waals surface area (Å²) in [7, 11) is 3.04. The average Bonchev–Trinajstić information content (AvgIpc) is 3.39. The summed E-state index contributed by atoms with van der Waals surface area (Å²) in [5, 5.41) is 14.3. The van der Waals surface area contributed by atoms with Gasteiger partial charge in [-0.05, 0) is 30.3 Å². The molecule has 0 aliphatic heterocycles. The first-order chi connectivity index (χ1) is 16.1. The lowest BCUT2D eigenvalue weighted by atomic mass is 10.1. The number of amides is 1. The van der Waals surface area contributed by atoms with Crippen molar-refractivity contribution in [3.8, 4) is 17.2 Å². The molecule has 33 heavy (non-hydrogen) atoms. The molecule has 0 aliphatic carbocycles. The van der Waals surface area contributed by atoms with Gasteiger partial charge in [-0.2, -0.15) is 15.0 Å². The summed E-state index contributed by atoms with van der Waals surface area (Å²) in [6.07, 6.45) is 6.31. The molecule has 0 fully saturated rings. The largest absolute Gasteiger partial charge is 0.495 e. The summed E-state index contributed by atoms with van der Waals surface area (Å²) in [6.45, 7) is 0.106. The first-order valence-electron chi connectivity index (χ1n) is 9.84. The Morgan fingerprint density at radius 2 is 1.88 bits per heavy atom. The van der Waals surface area contributed by atoms with Crippen LogP contribution in [0, 0.1) is 0 Å². The molecule has 2 aromatic carbocycles. The van der Waals surface area contributed by atoms with Gasteiger partial charge in [0.25, 0.3) is 5.91 Å². The minimum atomic E-state index is -0.252. The molecule has 10 nitrogen and oxygen atoms in total. The van der Waals surface area contributed by atoms with Gasteiger partial charge >= 0.3 is 0 Å². The fourth-order valence-corrected chi connectivity index (χ4v) is 3.23. The number of carbonyl (C=O) groups is 1. The Hall–Kier alpha value is -4.18. The second-order valence-electron chi connectivity index (χ2n) is 6.76. The van der Waals surface area contributed by atoms with Gasteiger partial charge in [-0.25, -0.2) is 9.97 Å². The van der Waals surface area contributed by atoms with Gasteiger partial charge in [-0.1, -0.05) is 17.7 Å². The molecule has 2 heterocycles. The maximum absolute atomic E-state index is 12.0. The molecule has 0 radical (unpaired) electrons. The second-order valence-corrected chi connectivity index (χ2v) is 7.13. The molecule has 0 saturated heterocycles. The van der Waals surface area contributed by atoms with Crippen LogP contribution >= 0.6 is 11.6 Å². The Morgan fingerprint density at radius 1 is 1.12 bits per heavy atom. The summed E-state index contributed by atoms with van der Waals surface area (Å²) in [5.74, 6) is 0.974. The number of rotatable bonds is 8. The molecule has 0 bridgehead atoms. The first kappa shape index (κ1) is 22.0. The summed E-state index contributed by atoms with van der Waals surface area (Å²) >= 11 is 6.37. The third-order valence-electron chi connectivity index (χ3n) is 4.60. The average molecular weight is 466 g/mol. The van der Waals surface area contributed by atoms with Crippen molar-refractivity contribution in [2.45, 2.75) is 6.61 Å². The molecule has 2 aromatic heterocycles. The van der Waals surface area contributed by atoms with Crippen LogP contribution in [-0.4, -0.2) is 45.0 Å². The van der Waals surface area contributed by atoms with Crippen LogP contribution in [0.5, 0.6) is 11.5 Å². The number of benzene rings is 2. The maximum atomic E-state index is 12.0. The molecule has 2 N–H and O–H groups in total. The molecular formula is C22H20ClN7O3. The predicted molar refractivity (Wildman–Crippen MR) is 122 cm³/mol. The third-order valence-corrected chi connectivity index (χ3v) is 5.03. The van der Waals surface area contributed by atoms with E-state index in [1.807, 2.05) is 24.3 Å². The Morgan fingerprint density at radius 3 is 2.58 bits per heavy atom. The monoisotopic (exact) mass is 465 g/mol. The lowest BCUT2D eigenvalue weighted by molar-refractivity contribution is 0.0962. The molecule has 0 atom stereocenters. The summed E-state index contributed by atoms with van der Waals surface area (Å²) in [5.41, 5.74) is 2.60. The fraction of sp³-hybridized carbons (Fsp3) is 0.136. The number of ether oxygens (including phenoxy) is 2. The molecule has 4 rings (SSSR count). The molecular weight excluding hydrogens is 446 g/mol. The predicted octanol–water partition coefficient (Wildman–Crippen LogP) is 3.40. The lowest BCUT2D eigenvalue weighted by Gasteiger charge is -2.13. The van der Waals surface area contributed by atoms with E-state index in [9.17, 15) is 4.79 Å². The Labute approximate surface area is 194 Å². The first-order valence-corrected chi connectivity index (χ1v) is 10.2. The normalized spacial score (nSPS) is 10.5. The molecule has 168 valence electrons. The Bertz CT molecular complexity index is 1250. The smallest absolute Gasteiger partial charge is 0.251 e. The molecule has 0 spiro atoms. The van der Waals surface area contributed by atoms with Gasteiger partial charge in [0, 0.05) is 23.9 Å². The van der Waals surface area contributed by atoms with Crippen LogP contribution in [-0.2, 0) is 6.61 Å². The van der Waals surface area contributed by atoms with E-state index < -0.39 is 0 Å². The van der Waals surface area contributed by atoms with Gasteiger partial charge in [-0.3, -0.25) is 4.79 Å². The SMILES string of the molecule is CNC(=O)c1cc(COc2cnc(Nc3cccc(-n4nccn4)c3)nc2)c(Cl)c(OC)c1. The van der Waals surface area contributed by atoms with Crippen molar-refractivity contribution >= 4 is 29.1 Å². The van der Waals surface area contributed by atoms with Gasteiger partial charge in [0.1, 0.15) is 12.4 Å². The standard InChI is InChI=1S/C22H20ClN7O3/c1-24-21(31)14-8-15(20(23)19(9-14)32-2)13-33-18-11-25-22(26-12-18)29-16-4-3-5-17(10-16)30-27-6-7-28-30/h3-12H,13H2,1-2H3,(H,24,31)(H,25,26,29). The highest BCUT2D eigenvalue weighted by molar-refractivity contribution is 6.33. The van der Waals surface area contributed by atoms with Gasteiger partial charge in [0.05, 0.1) is 42.6 Å². The van der Waals surface area contributed by atoms with Crippen LogP contribution in [0.3, 0.4) is 0 Å². The molecule has 0 unspecified atom stereocenters. The van der Waals surface area contributed by atoms with Crippen LogP contribution < -0.4 is 20.1 Å². The van der Waals surface area contributed by atoms with Crippen LogP contribution in [0.25, 0.3) is 5.69 Å². The van der Waals surface area contributed by atoms with Crippen molar-refractivity contribution in [2.24, 2.45) is 0 Å². The van der Waals surface area contributed by atoms with Crippen LogP contribution in [0.4, 0.5) is 11.6 Å². The number of aromatic nitrogens is 5. The number of halogens is 1. The van der Waals surface area contributed by atoms with Crippen LogP contribution in [0.1, 0.15) is 15.9 Å². The minimum absolute atomic E-state index is 0.106. The van der Waals surface area contributed by atoms with Crippen molar-refractivity contribution in [3.05, 3.63) is 77.3 Å². The highest BCUT2D eigenvalue weighted by atomic mass is 35.5. The Balaban J connectivity index is 1.44. The summed E-state index contributed by atoms with van der Waals surface area (Å²) < 4.78 is 11.0. The zero-order valence-corrected chi connectivity index (χ0v) is 18.6. The number of nitrogens with one attached hydrogen (secondary N) is 2. The van der Waals surface area contributed by atoms with Gasteiger partial charge in [-0.15, -0.1) is 0 Å². The van der Waals surface area contributed by atoms with Crippen LogP contribution in [0.2, 0.25) is 5.02 Å². The number of methoxy groups -OCH3 is 1. The number of hydrogen-bond acceptors (Lipinski definition) is 8. The van der Waals surface area contributed by atoms with E-state index in [4.69, 9.17) is 21.1 Å². The number of carbonyl (C=O) groups excluding carboxylic acids is 1. The molecule has 0 saturated carbocycles. The molecule has 0 aliphatic rings. The topological polar surface area (TPSA) is 116 Å². The van der Waals surface area contributed by atoms with E-state index in [-0.39, 0.29) is 12.5 Å². The van der Waals surface area contributed by atoms with Gasteiger partial charge in [0.2, 0.25) is 5.95 Å². The van der Waals surface area contributed by atoms with Gasteiger partial charge in [0.15, 0.2) is 5.75 Å².